The second-order valence-electron chi connectivity index (χ2n) is 5.67. The molecule has 0 saturated carbocycles. The maximum atomic E-state index is 12.4. The van der Waals surface area contributed by atoms with Gasteiger partial charge >= 0.3 is 0 Å². The molecule has 1 amide bonds. The minimum Gasteiger partial charge on any atom is -0.348 e. The number of nitrogens with one attached hydrogen (secondary N) is 1. The van der Waals surface area contributed by atoms with Crippen molar-refractivity contribution in [2.24, 2.45) is 0 Å². The predicted molar refractivity (Wildman–Crippen MR) is 98.9 cm³/mol. The van der Waals surface area contributed by atoms with Gasteiger partial charge in [0.15, 0.2) is 5.43 Å². The van der Waals surface area contributed by atoms with Crippen molar-refractivity contribution in [3.05, 3.63) is 81.1 Å². The molecule has 0 saturated heterocycles. The number of benzene rings is 2. The molecule has 2 aromatic carbocycles. The highest BCUT2D eigenvalue weighted by Gasteiger charge is 2.11. The van der Waals surface area contributed by atoms with E-state index < -0.39 is 0 Å². The zero-order valence-electron chi connectivity index (χ0n) is 13.2. The molecule has 0 aliphatic carbocycles. The quantitative estimate of drug-likeness (QED) is 0.746. The molecule has 5 heteroatoms. The summed E-state index contributed by atoms with van der Waals surface area (Å²) < 4.78 is 2.65. The van der Waals surface area contributed by atoms with E-state index in [1.807, 2.05) is 49.4 Å². The number of aromatic nitrogens is 1. The monoisotopic (exact) mass is 384 g/mol. The number of pyridine rings is 1. The third-order valence-electron chi connectivity index (χ3n) is 3.93. The van der Waals surface area contributed by atoms with Crippen LogP contribution in [0.1, 0.15) is 18.5 Å². The maximum absolute atomic E-state index is 12.4. The topological polar surface area (TPSA) is 51.1 Å². The largest absolute Gasteiger partial charge is 0.348 e. The van der Waals surface area contributed by atoms with Gasteiger partial charge in [-0.25, -0.2) is 0 Å². The first kappa shape index (κ1) is 16.5. The first-order valence-corrected chi connectivity index (χ1v) is 8.47. The molecule has 3 rings (SSSR count). The summed E-state index contributed by atoms with van der Waals surface area (Å²) >= 11 is 3.41. The summed E-state index contributed by atoms with van der Waals surface area (Å²) in [6.07, 6.45) is 1.66. The molecule has 24 heavy (non-hydrogen) atoms. The number of amides is 1. The van der Waals surface area contributed by atoms with Gasteiger partial charge in [0.05, 0.1) is 11.6 Å². The molecule has 0 radical (unpaired) electrons. The van der Waals surface area contributed by atoms with Crippen LogP contribution in [-0.4, -0.2) is 10.5 Å². The first-order valence-electron chi connectivity index (χ1n) is 7.67. The standard InChI is InChI=1S/C19H17BrN2O2/c1-13(14-5-3-2-4-6-14)21-19(24)12-22-10-9-18(23)16-8-7-15(20)11-17(16)22/h2-11,13H,12H2,1H3,(H,21,24)/t13-/m1/s1. The Balaban J connectivity index is 1.82. The highest BCUT2D eigenvalue weighted by molar-refractivity contribution is 9.10. The highest BCUT2D eigenvalue weighted by Crippen LogP contribution is 2.17. The SMILES string of the molecule is C[C@@H](NC(=O)Cn1ccc(=O)c2ccc(Br)cc21)c1ccccc1. The predicted octanol–water partition coefficient (Wildman–Crippen LogP) is 3.64. The molecular weight excluding hydrogens is 368 g/mol. The summed E-state index contributed by atoms with van der Waals surface area (Å²) in [5, 5.41) is 3.59. The van der Waals surface area contributed by atoms with E-state index in [9.17, 15) is 9.59 Å². The van der Waals surface area contributed by atoms with Crippen LogP contribution in [0.2, 0.25) is 0 Å². The van der Waals surface area contributed by atoms with Crippen molar-refractivity contribution in [1.29, 1.82) is 0 Å². The molecule has 1 N–H and O–H groups in total. The average molecular weight is 385 g/mol. The normalized spacial score (nSPS) is 12.1. The molecule has 1 heterocycles. The van der Waals surface area contributed by atoms with Crippen molar-refractivity contribution in [2.45, 2.75) is 19.5 Å². The van der Waals surface area contributed by atoms with Gasteiger partial charge in [0, 0.05) is 22.1 Å². The van der Waals surface area contributed by atoms with Crippen molar-refractivity contribution >= 4 is 32.7 Å². The van der Waals surface area contributed by atoms with Crippen LogP contribution < -0.4 is 10.7 Å². The number of carbonyl (C=O) groups is 1. The zero-order chi connectivity index (χ0) is 17.1. The Hall–Kier alpha value is -2.40. The van der Waals surface area contributed by atoms with Crippen LogP contribution in [-0.2, 0) is 11.3 Å². The Morgan fingerprint density at radius 2 is 1.92 bits per heavy atom. The molecule has 4 nitrogen and oxygen atoms in total. The molecule has 0 fully saturated rings. The summed E-state index contributed by atoms with van der Waals surface area (Å²) in [6, 6.07) is 16.7. The number of fused-ring (bicyclic) bond motifs is 1. The van der Waals surface area contributed by atoms with Gasteiger partial charge in [-0.15, -0.1) is 0 Å². The number of hydrogen-bond donors (Lipinski definition) is 1. The van der Waals surface area contributed by atoms with Gasteiger partial charge in [0.1, 0.15) is 6.54 Å². The van der Waals surface area contributed by atoms with Crippen LogP contribution in [0.25, 0.3) is 10.9 Å². The molecule has 0 bridgehead atoms. The van der Waals surface area contributed by atoms with E-state index >= 15 is 0 Å². The summed E-state index contributed by atoms with van der Waals surface area (Å²) in [7, 11) is 0. The van der Waals surface area contributed by atoms with Gasteiger partial charge < -0.3 is 9.88 Å². The summed E-state index contributed by atoms with van der Waals surface area (Å²) in [5.41, 5.74) is 1.74. The Labute approximate surface area is 148 Å². The van der Waals surface area contributed by atoms with Crippen LogP contribution in [0, 0.1) is 0 Å². The van der Waals surface area contributed by atoms with Gasteiger partial charge in [-0.1, -0.05) is 46.3 Å². The second-order valence-corrected chi connectivity index (χ2v) is 6.58. The number of hydrogen-bond acceptors (Lipinski definition) is 2. The fourth-order valence-corrected chi connectivity index (χ4v) is 3.03. The lowest BCUT2D eigenvalue weighted by molar-refractivity contribution is -0.122. The van der Waals surface area contributed by atoms with Gasteiger partial charge in [0.25, 0.3) is 0 Å². The summed E-state index contributed by atoms with van der Waals surface area (Å²) in [4.78, 5) is 24.3. The van der Waals surface area contributed by atoms with Gasteiger partial charge in [-0.2, -0.15) is 0 Å². The number of rotatable bonds is 4. The Morgan fingerprint density at radius 3 is 2.67 bits per heavy atom. The molecule has 1 atom stereocenters. The van der Waals surface area contributed by atoms with Crippen molar-refractivity contribution in [3.8, 4) is 0 Å². The summed E-state index contributed by atoms with van der Waals surface area (Å²) in [5.74, 6) is -0.101. The van der Waals surface area contributed by atoms with E-state index in [0.717, 1.165) is 15.6 Å². The molecule has 0 unspecified atom stereocenters. The van der Waals surface area contributed by atoms with Crippen molar-refractivity contribution < 1.29 is 4.79 Å². The molecule has 0 spiro atoms. The lowest BCUT2D eigenvalue weighted by atomic mass is 10.1. The fourth-order valence-electron chi connectivity index (χ4n) is 2.68. The van der Waals surface area contributed by atoms with E-state index in [-0.39, 0.29) is 23.9 Å². The Kier molecular flexibility index (Phi) is 4.81. The van der Waals surface area contributed by atoms with Gasteiger partial charge in [-0.3, -0.25) is 9.59 Å². The van der Waals surface area contributed by atoms with E-state index in [0.29, 0.717) is 5.39 Å². The van der Waals surface area contributed by atoms with E-state index in [2.05, 4.69) is 21.2 Å². The van der Waals surface area contributed by atoms with Gasteiger partial charge in [-0.05, 0) is 30.7 Å². The third kappa shape index (κ3) is 3.57. The van der Waals surface area contributed by atoms with E-state index in [4.69, 9.17) is 0 Å². The lowest BCUT2D eigenvalue weighted by Crippen LogP contribution is -2.30. The van der Waals surface area contributed by atoms with Crippen molar-refractivity contribution in [1.82, 2.24) is 9.88 Å². The third-order valence-corrected chi connectivity index (χ3v) is 4.42. The summed E-state index contributed by atoms with van der Waals surface area (Å²) in [6.45, 7) is 2.11. The number of nitrogens with zero attached hydrogens (tertiary/aromatic N) is 1. The van der Waals surface area contributed by atoms with Crippen molar-refractivity contribution in [3.63, 3.8) is 0 Å². The second kappa shape index (κ2) is 7.01. The molecule has 0 aliphatic rings. The molecular formula is C19H17BrN2O2. The molecule has 3 aromatic rings. The number of carbonyl (C=O) groups excluding carboxylic acids is 1. The zero-order valence-corrected chi connectivity index (χ0v) is 14.8. The van der Waals surface area contributed by atoms with Crippen molar-refractivity contribution in [2.75, 3.05) is 0 Å². The maximum Gasteiger partial charge on any atom is 0.240 e. The lowest BCUT2D eigenvalue weighted by Gasteiger charge is -2.16. The average Bonchev–Trinajstić information content (AvgIpc) is 2.58. The number of halogens is 1. The van der Waals surface area contributed by atoms with Gasteiger partial charge in [0.2, 0.25) is 5.91 Å². The molecule has 1 aromatic heterocycles. The van der Waals surface area contributed by atoms with Crippen LogP contribution in [0.3, 0.4) is 0 Å². The Bertz CT molecular complexity index is 935. The molecule has 0 aliphatic heterocycles. The van der Waals surface area contributed by atoms with E-state index in [1.54, 1.807) is 16.8 Å². The van der Waals surface area contributed by atoms with Crippen LogP contribution in [0.4, 0.5) is 0 Å². The molecule has 122 valence electrons. The smallest absolute Gasteiger partial charge is 0.240 e. The first-order chi connectivity index (χ1) is 11.5. The minimum atomic E-state index is -0.101. The highest BCUT2D eigenvalue weighted by atomic mass is 79.9. The van der Waals surface area contributed by atoms with Crippen LogP contribution >= 0.6 is 15.9 Å². The van der Waals surface area contributed by atoms with Crippen LogP contribution in [0.15, 0.2) is 70.1 Å². The fraction of sp³-hybridized carbons (Fsp3) is 0.158. The minimum absolute atomic E-state index is 0.0492. The van der Waals surface area contributed by atoms with Crippen LogP contribution in [0.5, 0.6) is 0 Å². The Morgan fingerprint density at radius 1 is 1.17 bits per heavy atom. The van der Waals surface area contributed by atoms with E-state index in [1.165, 1.54) is 6.07 Å².